The zero-order valence-electron chi connectivity index (χ0n) is 31.1. The molecule has 1 aromatic heterocycles. The molecule has 0 radical (unpaired) electrons. The van der Waals surface area contributed by atoms with E-state index in [0.29, 0.717) is 30.6 Å². The van der Waals surface area contributed by atoms with Crippen molar-refractivity contribution in [2.24, 2.45) is 22.1 Å². The highest BCUT2D eigenvalue weighted by Crippen LogP contribution is 2.47. The van der Waals surface area contributed by atoms with E-state index in [-0.39, 0.29) is 46.1 Å². The summed E-state index contributed by atoms with van der Waals surface area (Å²) in [5, 5.41) is 7.76. The number of carbonyl (C=O) groups is 2. The zero-order chi connectivity index (χ0) is 37.3. The predicted octanol–water partition coefficient (Wildman–Crippen LogP) is 5.87. The number of fused-ring (bicyclic) bond motifs is 4. The molecule has 2 amide bonds. The zero-order valence-corrected chi connectivity index (χ0v) is 31.9. The van der Waals surface area contributed by atoms with E-state index < -0.39 is 21.7 Å². The second kappa shape index (κ2) is 15.1. The standard InChI is InChI=1S/C40H49N5O7S/c1-25-11-15-32-27(18-25)9-7-17-40(32)23-45-21-29-12-14-30(29)34(49-3)10-6-8-26(2)22-53(48,43-37(46)28-13-16-35(52-24-40)33(45)19-28)44-38(47)31-20-36(50-4)41-42-39(31)51-5/h6,10-11,13,15-16,18-20,26,29-30,34H,7-9,12,14,17,21-24H2,1-5H3,(H,43,44,46,47,48)/b10-6+/t26-,29-,30+,34-,40-,53?/m0/s1. The molecule has 1 saturated carbocycles. The molecule has 53 heavy (non-hydrogen) atoms. The molecule has 2 bridgehead atoms. The molecule has 1 unspecified atom stereocenters. The first-order valence-corrected chi connectivity index (χ1v) is 20.1. The molecule has 1 spiro atoms. The molecular formula is C40H49N5O7S. The van der Waals surface area contributed by atoms with Gasteiger partial charge in [0.25, 0.3) is 11.8 Å². The summed E-state index contributed by atoms with van der Waals surface area (Å²) >= 11 is 0. The molecule has 12 nitrogen and oxygen atoms in total. The number of benzene rings is 2. The van der Waals surface area contributed by atoms with Crippen LogP contribution in [-0.2, 0) is 26.5 Å². The average molecular weight is 744 g/mol. The van der Waals surface area contributed by atoms with Crippen LogP contribution in [0.2, 0.25) is 0 Å². The summed E-state index contributed by atoms with van der Waals surface area (Å²) in [6.07, 6.45) is 9.90. The number of hydrogen-bond donors (Lipinski definition) is 1. The molecule has 2 aromatic carbocycles. The van der Waals surface area contributed by atoms with Crippen molar-refractivity contribution in [3.8, 4) is 17.5 Å². The first-order chi connectivity index (χ1) is 25.5. The Morgan fingerprint density at radius 3 is 2.68 bits per heavy atom. The fourth-order valence-electron chi connectivity index (χ4n) is 8.50. The van der Waals surface area contributed by atoms with Crippen LogP contribution in [-0.4, -0.2) is 79.1 Å². The molecule has 1 fully saturated rings. The second-order valence-electron chi connectivity index (χ2n) is 15.1. The van der Waals surface area contributed by atoms with Gasteiger partial charge in [-0.05, 0) is 92.5 Å². The van der Waals surface area contributed by atoms with Crippen molar-refractivity contribution in [3.05, 3.63) is 82.4 Å². The number of rotatable bonds is 5. The molecule has 4 aliphatic rings. The van der Waals surface area contributed by atoms with E-state index in [1.54, 1.807) is 13.2 Å². The summed E-state index contributed by atoms with van der Waals surface area (Å²) in [5.74, 6) is -0.348. The quantitative estimate of drug-likeness (QED) is 0.316. The fraction of sp³-hybridized carbons (Fsp3) is 0.500. The topological polar surface area (TPSA) is 142 Å². The van der Waals surface area contributed by atoms with Gasteiger partial charge in [-0.1, -0.05) is 42.8 Å². The van der Waals surface area contributed by atoms with Gasteiger partial charge < -0.3 is 23.8 Å². The molecule has 2 aliphatic carbocycles. The Balaban J connectivity index is 1.30. The van der Waals surface area contributed by atoms with Crippen molar-refractivity contribution in [1.29, 1.82) is 0 Å². The number of methoxy groups -OCH3 is 3. The smallest absolute Gasteiger partial charge is 0.286 e. The first-order valence-electron chi connectivity index (χ1n) is 18.4. The van der Waals surface area contributed by atoms with Crippen LogP contribution < -0.4 is 23.8 Å². The normalized spacial score (nSPS) is 28.9. The SMILES string of the molecule is COc1cc(C(=O)NS2(=O)=NC(=O)c3ccc4c(c3)N(C[C@@H]3CC[C@H]3[C@@H](OC)/C=C/C[C@H](C)C2)C[C@@]2(CCCc3cc(C)ccc32)CO4)c(OC)nn1. The lowest BCUT2D eigenvalue weighted by molar-refractivity contribution is 0.0131. The molecule has 3 heterocycles. The maximum absolute atomic E-state index is 14.7. The van der Waals surface area contributed by atoms with Crippen molar-refractivity contribution < 1.29 is 32.7 Å². The lowest BCUT2D eigenvalue weighted by Crippen LogP contribution is -2.49. The Bertz CT molecular complexity index is 2050. The Morgan fingerprint density at radius 2 is 1.92 bits per heavy atom. The Morgan fingerprint density at radius 1 is 1.08 bits per heavy atom. The van der Waals surface area contributed by atoms with Crippen molar-refractivity contribution in [2.45, 2.75) is 63.9 Å². The number of aromatic nitrogens is 2. The van der Waals surface area contributed by atoms with Crippen LogP contribution in [0.25, 0.3) is 0 Å². The van der Waals surface area contributed by atoms with E-state index >= 15 is 0 Å². The van der Waals surface area contributed by atoms with Gasteiger partial charge in [-0.25, -0.2) is 4.21 Å². The van der Waals surface area contributed by atoms with Crippen molar-refractivity contribution in [3.63, 3.8) is 0 Å². The molecule has 13 heteroatoms. The molecule has 0 saturated heterocycles. The summed E-state index contributed by atoms with van der Waals surface area (Å²) in [5.41, 5.74) is 4.78. The van der Waals surface area contributed by atoms with Gasteiger partial charge in [0, 0.05) is 37.2 Å². The summed E-state index contributed by atoms with van der Waals surface area (Å²) in [7, 11) is 0.836. The third kappa shape index (κ3) is 7.50. The van der Waals surface area contributed by atoms with Crippen LogP contribution in [0.15, 0.2) is 59.0 Å². The third-order valence-corrected chi connectivity index (χ3v) is 13.3. The van der Waals surface area contributed by atoms with Gasteiger partial charge in [0.05, 0.1) is 38.4 Å². The van der Waals surface area contributed by atoms with E-state index in [4.69, 9.17) is 18.9 Å². The predicted molar refractivity (Wildman–Crippen MR) is 202 cm³/mol. The lowest BCUT2D eigenvalue weighted by Gasteiger charge is -2.46. The summed E-state index contributed by atoms with van der Waals surface area (Å²) in [6, 6.07) is 13.4. The number of nitrogens with one attached hydrogen (secondary N) is 1. The lowest BCUT2D eigenvalue weighted by atomic mass is 9.68. The number of carbonyl (C=O) groups excluding carboxylic acids is 2. The number of hydrogen-bond acceptors (Lipinski definition) is 10. The van der Waals surface area contributed by atoms with E-state index in [9.17, 15) is 13.8 Å². The first kappa shape index (κ1) is 36.9. The number of anilines is 1. The maximum atomic E-state index is 14.7. The summed E-state index contributed by atoms with van der Waals surface area (Å²) < 4.78 is 44.7. The number of aryl methyl sites for hydroxylation is 2. The largest absolute Gasteiger partial charge is 0.490 e. The van der Waals surface area contributed by atoms with E-state index in [1.165, 1.54) is 37.0 Å². The molecular weight excluding hydrogens is 695 g/mol. The summed E-state index contributed by atoms with van der Waals surface area (Å²) in [4.78, 5) is 30.2. The van der Waals surface area contributed by atoms with Crippen LogP contribution in [0.3, 0.4) is 0 Å². The summed E-state index contributed by atoms with van der Waals surface area (Å²) in [6.45, 7) is 6.10. The monoisotopic (exact) mass is 743 g/mol. The van der Waals surface area contributed by atoms with E-state index in [2.05, 4.69) is 61.5 Å². The molecule has 1 N–H and O–H groups in total. The molecule has 282 valence electrons. The van der Waals surface area contributed by atoms with Crippen LogP contribution in [0.5, 0.6) is 17.5 Å². The van der Waals surface area contributed by atoms with Crippen molar-refractivity contribution >= 4 is 27.4 Å². The molecule has 6 atom stereocenters. The number of nitrogens with zero attached hydrogens (tertiary/aromatic N) is 4. The van der Waals surface area contributed by atoms with Gasteiger partial charge in [0.15, 0.2) is 0 Å². The number of allylic oxidation sites excluding steroid dienone is 1. The molecule has 7 rings (SSSR count). The maximum Gasteiger partial charge on any atom is 0.286 e. The molecule has 3 aromatic rings. The fourth-order valence-corrected chi connectivity index (χ4v) is 10.4. The number of ether oxygens (including phenoxy) is 4. The average Bonchev–Trinajstić information content (AvgIpc) is 3.28. The van der Waals surface area contributed by atoms with Crippen LogP contribution >= 0.6 is 0 Å². The highest BCUT2D eigenvalue weighted by molar-refractivity contribution is 7.92. The van der Waals surface area contributed by atoms with Gasteiger partial charge in [0.1, 0.15) is 21.2 Å². The minimum Gasteiger partial charge on any atom is -0.490 e. The minimum absolute atomic E-state index is 0.0476. The van der Waals surface area contributed by atoms with Crippen molar-refractivity contribution in [1.82, 2.24) is 14.9 Å². The van der Waals surface area contributed by atoms with Crippen LogP contribution in [0.4, 0.5) is 5.69 Å². The van der Waals surface area contributed by atoms with Crippen molar-refractivity contribution in [2.75, 3.05) is 51.7 Å². The van der Waals surface area contributed by atoms with Gasteiger partial charge >= 0.3 is 0 Å². The van der Waals surface area contributed by atoms with Crippen LogP contribution in [0, 0.1) is 24.7 Å². The Labute approximate surface area is 311 Å². The van der Waals surface area contributed by atoms with Crippen LogP contribution in [0.1, 0.15) is 76.4 Å². The van der Waals surface area contributed by atoms with Gasteiger partial charge in [0.2, 0.25) is 11.8 Å². The minimum atomic E-state index is -3.66. The highest BCUT2D eigenvalue weighted by atomic mass is 32.2. The van der Waals surface area contributed by atoms with E-state index in [0.717, 1.165) is 50.9 Å². The Kier molecular flexibility index (Phi) is 10.5. The van der Waals surface area contributed by atoms with Gasteiger partial charge in [-0.3, -0.25) is 14.3 Å². The van der Waals surface area contributed by atoms with Gasteiger partial charge in [-0.15, -0.1) is 14.6 Å². The Hall–Kier alpha value is -4.49. The van der Waals surface area contributed by atoms with E-state index in [1.807, 2.05) is 19.1 Å². The third-order valence-electron chi connectivity index (χ3n) is 11.3. The highest BCUT2D eigenvalue weighted by Gasteiger charge is 2.44. The number of amides is 2. The van der Waals surface area contributed by atoms with Gasteiger partial charge in [-0.2, -0.15) is 0 Å². The second-order valence-corrected chi connectivity index (χ2v) is 17.1. The molecule has 2 aliphatic heterocycles.